The number of ether oxygens (including phenoxy) is 1. The quantitative estimate of drug-likeness (QED) is 0.0830. The van der Waals surface area contributed by atoms with Crippen LogP contribution in [-0.2, 0) is 24.6 Å². The van der Waals surface area contributed by atoms with Crippen molar-refractivity contribution in [2.24, 2.45) is 7.05 Å². The van der Waals surface area contributed by atoms with Crippen molar-refractivity contribution >= 4 is 40.0 Å². The van der Waals surface area contributed by atoms with Crippen LogP contribution in [0.15, 0.2) is 48.9 Å². The third-order valence-corrected chi connectivity index (χ3v) is 6.26. The number of benzene rings is 1. The molecule has 0 unspecified atom stereocenters. The van der Waals surface area contributed by atoms with Crippen LogP contribution in [0.4, 0.5) is 40.7 Å². The second kappa shape index (κ2) is 13.3. The average molecular weight is 684 g/mol. The van der Waals surface area contributed by atoms with E-state index in [1.54, 1.807) is 13.1 Å². The van der Waals surface area contributed by atoms with Crippen LogP contribution in [-0.4, -0.2) is 67.6 Å². The summed E-state index contributed by atoms with van der Waals surface area (Å²) in [7, 11) is 6.62. The van der Waals surface area contributed by atoms with Gasteiger partial charge < -0.3 is 46.9 Å². The third-order valence-electron chi connectivity index (χ3n) is 6.26. The molecule has 4 aromatic rings. The monoisotopic (exact) mass is 683 g/mol. The number of nitrogens with one attached hydrogen (secondary N) is 2. The Balaban J connectivity index is 0.00000529. The first-order valence-corrected chi connectivity index (χ1v) is 12.5. The molecule has 0 aliphatic heterocycles. The molecular weight excluding hydrogens is 658 g/mol. The highest BCUT2D eigenvalue weighted by Crippen LogP contribution is 2.34. The molecule has 2 N–H and O–H groups in total. The Hall–Kier alpha value is -4.71. The van der Waals surface area contributed by atoms with Gasteiger partial charge in [-0.3, -0.25) is 9.36 Å². The fraction of sp³-hybridized carbons (Fsp3) is 0.269. The van der Waals surface area contributed by atoms with Crippen molar-refractivity contribution in [2.45, 2.75) is 12.7 Å². The van der Waals surface area contributed by atoms with Gasteiger partial charge in [-0.05, 0) is 35.3 Å². The number of anilines is 3. The van der Waals surface area contributed by atoms with Crippen LogP contribution in [0.25, 0.3) is 10.9 Å². The molecular formula is C26H26BrF4N9O4. The number of carbonyl (C=O) groups is 1. The summed E-state index contributed by atoms with van der Waals surface area (Å²) in [5, 5.41) is 17.1. The number of methoxy groups -OCH3 is 1. The molecule has 0 atom stereocenters. The van der Waals surface area contributed by atoms with Crippen LogP contribution in [0, 0.1) is 15.9 Å². The lowest BCUT2D eigenvalue weighted by Gasteiger charge is -2.27. The van der Waals surface area contributed by atoms with Crippen LogP contribution in [0.3, 0.4) is 0 Å². The number of carbonyl (C=O) groups excluding carboxylic acids is 1. The maximum Gasteiger partial charge on any atom is 0.419 e. The SMILES string of the molecule is COc1nc([N+](=O)[O-])c(C[N+](C)(C)C/C=C/C(=O)Nc2cc3c(Nc4ccc(F)c(C(F)(F)F)c4)ncnc3cn2)n1C.[Br-]. The second-order valence-electron chi connectivity index (χ2n) is 9.98. The molecule has 0 radical (unpaired) electrons. The Morgan fingerprint density at radius 2 is 1.93 bits per heavy atom. The number of hydrogen-bond acceptors (Lipinski definition) is 9. The molecule has 44 heavy (non-hydrogen) atoms. The highest BCUT2D eigenvalue weighted by molar-refractivity contribution is 6.00. The fourth-order valence-corrected chi connectivity index (χ4v) is 4.17. The number of nitrogens with zero attached hydrogens (tertiary/aromatic N) is 7. The number of fused-ring (bicyclic) bond motifs is 1. The summed E-state index contributed by atoms with van der Waals surface area (Å²) in [6.07, 6.45) is 0.517. The molecule has 0 spiro atoms. The number of quaternary nitrogens is 1. The summed E-state index contributed by atoms with van der Waals surface area (Å²) in [6, 6.07) is 4.00. The van der Waals surface area contributed by atoms with E-state index in [-0.39, 0.29) is 57.2 Å². The van der Waals surface area contributed by atoms with E-state index in [0.29, 0.717) is 35.3 Å². The first-order chi connectivity index (χ1) is 20.2. The highest BCUT2D eigenvalue weighted by atomic mass is 79.9. The van der Waals surface area contributed by atoms with E-state index in [0.717, 1.165) is 6.07 Å². The number of likely N-dealkylation sites (N-methyl/N-ethyl adjacent to an activating group) is 1. The first-order valence-electron chi connectivity index (χ1n) is 12.5. The summed E-state index contributed by atoms with van der Waals surface area (Å²) in [5.74, 6) is -2.03. The van der Waals surface area contributed by atoms with Gasteiger partial charge in [0.05, 0.1) is 45.0 Å². The van der Waals surface area contributed by atoms with E-state index >= 15 is 0 Å². The number of nitro groups is 1. The van der Waals surface area contributed by atoms with E-state index in [1.807, 2.05) is 14.1 Å². The molecule has 18 heteroatoms. The van der Waals surface area contributed by atoms with Crippen molar-refractivity contribution in [3.63, 3.8) is 0 Å². The van der Waals surface area contributed by atoms with Crippen molar-refractivity contribution in [3.05, 3.63) is 76.1 Å². The molecule has 0 fully saturated rings. The van der Waals surface area contributed by atoms with Crippen LogP contribution < -0.4 is 32.4 Å². The molecule has 4 rings (SSSR count). The van der Waals surface area contributed by atoms with Gasteiger partial charge in [0.2, 0.25) is 5.91 Å². The summed E-state index contributed by atoms with van der Waals surface area (Å²) in [6.45, 7) is 0.540. The van der Waals surface area contributed by atoms with Crippen molar-refractivity contribution in [3.8, 4) is 6.01 Å². The minimum atomic E-state index is -4.89. The lowest BCUT2D eigenvalue weighted by atomic mass is 10.1. The van der Waals surface area contributed by atoms with Crippen LogP contribution in [0.1, 0.15) is 11.3 Å². The molecule has 1 aromatic carbocycles. The Labute approximate surface area is 258 Å². The van der Waals surface area contributed by atoms with Gasteiger partial charge >= 0.3 is 18.0 Å². The number of halogens is 5. The number of aromatic nitrogens is 5. The van der Waals surface area contributed by atoms with E-state index in [2.05, 4.69) is 30.6 Å². The maximum atomic E-state index is 13.7. The zero-order valence-corrected chi connectivity index (χ0v) is 25.3. The molecule has 0 aliphatic carbocycles. The van der Waals surface area contributed by atoms with Gasteiger partial charge in [0.15, 0.2) is 5.69 Å². The number of imidazole rings is 1. The van der Waals surface area contributed by atoms with Crippen molar-refractivity contribution in [1.29, 1.82) is 0 Å². The van der Waals surface area contributed by atoms with Crippen molar-refractivity contribution in [2.75, 3.05) is 38.4 Å². The summed E-state index contributed by atoms with van der Waals surface area (Å²) < 4.78 is 59.9. The van der Waals surface area contributed by atoms with Gasteiger partial charge in [-0.15, -0.1) is 0 Å². The van der Waals surface area contributed by atoms with E-state index in [1.165, 1.54) is 36.3 Å². The Morgan fingerprint density at radius 3 is 2.59 bits per heavy atom. The van der Waals surface area contributed by atoms with Crippen molar-refractivity contribution in [1.82, 2.24) is 24.5 Å². The summed E-state index contributed by atoms with van der Waals surface area (Å²) >= 11 is 0. The zero-order chi connectivity index (χ0) is 31.5. The lowest BCUT2D eigenvalue weighted by Crippen LogP contribution is -3.00. The topological polar surface area (TPSA) is 150 Å². The number of amides is 1. The molecule has 3 aromatic heterocycles. The van der Waals surface area contributed by atoms with E-state index in [9.17, 15) is 32.5 Å². The van der Waals surface area contributed by atoms with Gasteiger partial charge in [-0.1, -0.05) is 0 Å². The average Bonchev–Trinajstić information content (AvgIpc) is 3.23. The molecule has 0 saturated carbocycles. The second-order valence-corrected chi connectivity index (χ2v) is 9.98. The summed E-state index contributed by atoms with van der Waals surface area (Å²) in [4.78, 5) is 39.7. The predicted molar refractivity (Wildman–Crippen MR) is 147 cm³/mol. The number of hydrogen-bond donors (Lipinski definition) is 2. The minimum Gasteiger partial charge on any atom is -1.00 e. The highest BCUT2D eigenvalue weighted by Gasteiger charge is 2.34. The van der Waals surface area contributed by atoms with Crippen LogP contribution >= 0.6 is 0 Å². The number of rotatable bonds is 10. The molecule has 0 aliphatic rings. The molecule has 0 bridgehead atoms. The largest absolute Gasteiger partial charge is 1.00 e. The normalized spacial score (nSPS) is 11.8. The standard InChI is InChI=1S/C26H25F4N9O4.BrH/c1-37-20(24(38(41)42)36-25(37)43-4)13-39(2,3)9-5-6-22(40)35-21-11-16-19(12-31-21)32-14-33-23(16)34-15-7-8-18(27)17(10-15)26(28,29)30;/h5-8,10-12,14H,9,13H2,1-4H3,(H-,31,32,33,34,35,40);1H/b6-5+;. The molecule has 13 nitrogen and oxygen atoms in total. The maximum absolute atomic E-state index is 13.7. The fourth-order valence-electron chi connectivity index (χ4n) is 4.17. The zero-order valence-electron chi connectivity index (χ0n) is 23.7. The van der Waals surface area contributed by atoms with Gasteiger partial charge in [-0.2, -0.15) is 13.2 Å². The Kier molecular flexibility index (Phi) is 10.2. The van der Waals surface area contributed by atoms with Crippen LogP contribution in [0.5, 0.6) is 6.01 Å². The first kappa shape index (κ1) is 33.8. The third kappa shape index (κ3) is 7.81. The van der Waals surface area contributed by atoms with Gasteiger partial charge in [0.25, 0.3) is 0 Å². The summed E-state index contributed by atoms with van der Waals surface area (Å²) in [5.41, 5.74) is -0.803. The number of pyridine rings is 1. The van der Waals surface area contributed by atoms with Gasteiger partial charge in [0.1, 0.15) is 30.3 Å². The minimum absolute atomic E-state index is 0. The molecule has 3 heterocycles. The Morgan fingerprint density at radius 1 is 1.20 bits per heavy atom. The lowest BCUT2D eigenvalue weighted by molar-refractivity contribution is -0.898. The van der Waals surface area contributed by atoms with Gasteiger partial charge in [0, 0.05) is 29.2 Å². The van der Waals surface area contributed by atoms with E-state index in [4.69, 9.17) is 4.74 Å². The number of alkyl halides is 3. The molecule has 0 saturated heterocycles. The Bertz CT molecular complexity index is 1730. The van der Waals surface area contributed by atoms with Gasteiger partial charge in [-0.25, -0.2) is 19.3 Å². The van der Waals surface area contributed by atoms with Crippen LogP contribution in [0.2, 0.25) is 0 Å². The molecule has 234 valence electrons. The molecule has 1 amide bonds. The van der Waals surface area contributed by atoms with Crippen molar-refractivity contribution < 1.29 is 53.5 Å². The van der Waals surface area contributed by atoms with E-state index < -0.39 is 28.4 Å². The predicted octanol–water partition coefficient (Wildman–Crippen LogP) is 1.35. The smallest absolute Gasteiger partial charge is 0.419 e.